The van der Waals surface area contributed by atoms with E-state index in [4.69, 9.17) is 9.63 Å². The fourth-order valence-electron chi connectivity index (χ4n) is 2.87. The first-order valence-electron chi connectivity index (χ1n) is 8.96. The van der Waals surface area contributed by atoms with Crippen molar-refractivity contribution in [3.8, 4) is 0 Å². The van der Waals surface area contributed by atoms with Crippen LogP contribution in [0.25, 0.3) is 0 Å². The lowest BCUT2D eigenvalue weighted by molar-refractivity contribution is 0.258. The van der Waals surface area contributed by atoms with Gasteiger partial charge in [0.25, 0.3) is 0 Å². The molecular weight excluding hydrogens is 307 g/mol. The van der Waals surface area contributed by atoms with Gasteiger partial charge >= 0.3 is 8.69 Å². The van der Waals surface area contributed by atoms with Crippen LogP contribution in [0.3, 0.4) is 0 Å². The summed E-state index contributed by atoms with van der Waals surface area (Å²) >= 11 is 0. The summed E-state index contributed by atoms with van der Waals surface area (Å²) in [6.07, 6.45) is 10.7. The van der Waals surface area contributed by atoms with E-state index in [0.29, 0.717) is 6.61 Å². The fourth-order valence-corrected chi connectivity index (χ4v) is 3.11. The van der Waals surface area contributed by atoms with Crippen LogP contribution in [-0.2, 0) is 15.5 Å². The minimum atomic E-state index is -0.274. The lowest BCUT2D eigenvalue weighted by Crippen LogP contribution is -2.06. The van der Waals surface area contributed by atoms with Crippen molar-refractivity contribution in [2.45, 2.75) is 70.6 Å². The van der Waals surface area contributed by atoms with Crippen molar-refractivity contribution in [2.24, 2.45) is 0 Å². The monoisotopic (exact) mass is 338 g/mol. The summed E-state index contributed by atoms with van der Waals surface area (Å²) in [6, 6.07) is 8.70. The van der Waals surface area contributed by atoms with Gasteiger partial charge in [0.15, 0.2) is 0 Å². The molecule has 0 radical (unpaired) electrons. The fraction of sp³-hybridized carbons (Fsp3) is 0.684. The third-order valence-corrected chi connectivity index (χ3v) is 4.56. The molecule has 0 aromatic heterocycles. The van der Waals surface area contributed by atoms with Gasteiger partial charge in [-0.3, -0.25) is 4.52 Å². The molecule has 0 saturated carbocycles. The van der Waals surface area contributed by atoms with Gasteiger partial charge in [0.05, 0.1) is 6.61 Å². The van der Waals surface area contributed by atoms with Crippen LogP contribution in [0.1, 0.15) is 75.3 Å². The Morgan fingerprint density at radius 3 is 2.39 bits per heavy atom. The first-order valence-corrected chi connectivity index (χ1v) is 9.69. The van der Waals surface area contributed by atoms with Crippen LogP contribution < -0.4 is 0 Å². The third-order valence-electron chi connectivity index (χ3n) is 4.31. The highest BCUT2D eigenvalue weighted by Crippen LogP contribution is 2.24. The van der Waals surface area contributed by atoms with Gasteiger partial charge in [-0.05, 0) is 36.8 Å². The zero-order chi connectivity index (χ0) is 16.8. The van der Waals surface area contributed by atoms with E-state index in [-0.39, 0.29) is 21.2 Å². The SMILES string of the molecule is CCCCCCCCc1ccc(C(CCCO)COP=O)cc1. The lowest BCUT2D eigenvalue weighted by atomic mass is 9.93. The molecule has 1 rings (SSSR count). The molecule has 0 spiro atoms. The molecule has 23 heavy (non-hydrogen) atoms. The van der Waals surface area contributed by atoms with E-state index < -0.39 is 0 Å². The van der Waals surface area contributed by atoms with Crippen LogP contribution in [0.5, 0.6) is 0 Å². The lowest BCUT2D eigenvalue weighted by Gasteiger charge is -2.15. The molecule has 1 aromatic carbocycles. The number of unbranched alkanes of at least 4 members (excludes halogenated alkanes) is 5. The molecule has 3 nitrogen and oxygen atoms in total. The van der Waals surface area contributed by atoms with Crippen molar-refractivity contribution < 1.29 is 14.2 Å². The van der Waals surface area contributed by atoms with E-state index in [9.17, 15) is 4.57 Å². The second-order valence-electron chi connectivity index (χ2n) is 6.19. The summed E-state index contributed by atoms with van der Waals surface area (Å²) < 4.78 is 15.5. The Morgan fingerprint density at radius 1 is 1.04 bits per heavy atom. The van der Waals surface area contributed by atoms with E-state index in [1.807, 2.05) is 0 Å². The Labute approximate surface area is 142 Å². The van der Waals surface area contributed by atoms with Gasteiger partial charge in [0.1, 0.15) is 0 Å². The molecule has 130 valence electrons. The molecule has 0 saturated heterocycles. The number of aryl methyl sites for hydroxylation is 1. The average molecular weight is 338 g/mol. The second kappa shape index (κ2) is 13.7. The molecule has 0 aliphatic rings. The van der Waals surface area contributed by atoms with E-state index in [1.54, 1.807) is 0 Å². The van der Waals surface area contributed by atoms with E-state index in [0.717, 1.165) is 19.3 Å². The van der Waals surface area contributed by atoms with Crippen molar-refractivity contribution in [3.05, 3.63) is 35.4 Å². The molecule has 1 atom stereocenters. The van der Waals surface area contributed by atoms with Gasteiger partial charge in [0, 0.05) is 12.5 Å². The van der Waals surface area contributed by atoms with Crippen LogP contribution in [0.2, 0.25) is 0 Å². The minimum absolute atomic E-state index is 0.182. The smallest absolute Gasteiger partial charge is 0.327 e. The van der Waals surface area contributed by atoms with E-state index in [1.165, 1.54) is 49.7 Å². The van der Waals surface area contributed by atoms with Crippen molar-refractivity contribution >= 4 is 8.69 Å². The summed E-state index contributed by atoms with van der Waals surface area (Å²) in [5.74, 6) is 0.201. The predicted molar refractivity (Wildman–Crippen MR) is 96.1 cm³/mol. The zero-order valence-corrected chi connectivity index (χ0v) is 15.3. The maximum atomic E-state index is 10.5. The highest BCUT2D eigenvalue weighted by molar-refractivity contribution is 7.17. The highest BCUT2D eigenvalue weighted by Gasteiger charge is 2.12. The first-order chi connectivity index (χ1) is 11.3. The molecule has 0 aliphatic carbocycles. The summed E-state index contributed by atoms with van der Waals surface area (Å²) in [6.45, 7) is 2.86. The highest BCUT2D eigenvalue weighted by atomic mass is 31.1. The van der Waals surface area contributed by atoms with Crippen LogP contribution in [0.15, 0.2) is 24.3 Å². The maximum absolute atomic E-state index is 10.5. The molecule has 0 heterocycles. The largest absolute Gasteiger partial charge is 0.396 e. The van der Waals surface area contributed by atoms with Gasteiger partial charge in [0.2, 0.25) is 0 Å². The minimum Gasteiger partial charge on any atom is -0.396 e. The number of hydrogen-bond acceptors (Lipinski definition) is 3. The van der Waals surface area contributed by atoms with Crippen LogP contribution >= 0.6 is 8.69 Å². The van der Waals surface area contributed by atoms with Crippen molar-refractivity contribution in [1.29, 1.82) is 0 Å². The Hall–Kier alpha value is -0.760. The summed E-state index contributed by atoms with van der Waals surface area (Å²) in [4.78, 5) is 0. The molecule has 0 aliphatic heterocycles. The Kier molecular flexibility index (Phi) is 12.0. The summed E-state index contributed by atoms with van der Waals surface area (Å²) in [5, 5.41) is 9.00. The normalized spacial score (nSPS) is 12.6. The van der Waals surface area contributed by atoms with E-state index >= 15 is 0 Å². The molecular formula is C19H31O3P. The predicted octanol–water partition coefficient (Wildman–Crippen LogP) is 5.67. The average Bonchev–Trinajstić information content (AvgIpc) is 2.59. The van der Waals surface area contributed by atoms with Gasteiger partial charge in [-0.15, -0.1) is 0 Å². The van der Waals surface area contributed by atoms with Crippen molar-refractivity contribution in [3.63, 3.8) is 0 Å². The van der Waals surface area contributed by atoms with Crippen LogP contribution in [0.4, 0.5) is 0 Å². The van der Waals surface area contributed by atoms with E-state index in [2.05, 4.69) is 31.2 Å². The quantitative estimate of drug-likeness (QED) is 0.351. The van der Waals surface area contributed by atoms with Crippen LogP contribution in [-0.4, -0.2) is 18.3 Å². The number of rotatable bonds is 14. The molecule has 0 fully saturated rings. The Balaban J connectivity index is 2.41. The molecule has 1 aromatic rings. The molecule has 1 unspecified atom stereocenters. The van der Waals surface area contributed by atoms with Gasteiger partial charge in [-0.2, -0.15) is 0 Å². The van der Waals surface area contributed by atoms with Crippen LogP contribution in [0, 0.1) is 0 Å². The zero-order valence-electron chi connectivity index (χ0n) is 14.4. The van der Waals surface area contributed by atoms with Gasteiger partial charge in [-0.1, -0.05) is 63.3 Å². The maximum Gasteiger partial charge on any atom is 0.327 e. The topological polar surface area (TPSA) is 46.5 Å². The number of aliphatic hydroxyl groups is 1. The standard InChI is InChI=1S/C19H31O3P/c1-2-3-4-5-6-7-9-17-11-13-18(14-12-17)19(10-8-15-20)16-22-23-21/h11-14,19-20H,2-10,15-16H2,1H3. The van der Waals surface area contributed by atoms with Crippen molar-refractivity contribution in [2.75, 3.05) is 13.2 Å². The Bertz CT molecular complexity index is 406. The molecule has 0 bridgehead atoms. The third kappa shape index (κ3) is 9.20. The molecule has 4 heteroatoms. The molecule has 1 N–H and O–H groups in total. The van der Waals surface area contributed by atoms with Gasteiger partial charge < -0.3 is 5.11 Å². The molecule has 0 amide bonds. The van der Waals surface area contributed by atoms with Crippen molar-refractivity contribution in [1.82, 2.24) is 0 Å². The summed E-state index contributed by atoms with van der Waals surface area (Å²) in [5.41, 5.74) is 2.59. The second-order valence-corrected chi connectivity index (χ2v) is 6.60. The number of hydrogen-bond donors (Lipinski definition) is 1. The summed E-state index contributed by atoms with van der Waals surface area (Å²) in [7, 11) is -0.274. The number of aliphatic hydroxyl groups excluding tert-OH is 1. The Morgan fingerprint density at radius 2 is 1.74 bits per heavy atom. The first kappa shape index (κ1) is 20.3. The number of benzene rings is 1. The van der Waals surface area contributed by atoms with Gasteiger partial charge in [-0.25, -0.2) is 4.57 Å².